The molecule has 1 aromatic rings. The quantitative estimate of drug-likeness (QED) is 0.781. The van der Waals surface area contributed by atoms with E-state index in [1.54, 1.807) is 18.4 Å². The van der Waals surface area contributed by atoms with E-state index in [2.05, 4.69) is 29.2 Å². The third kappa shape index (κ3) is 5.33. The molecule has 0 unspecified atom stereocenters. The topological polar surface area (TPSA) is 32.7 Å². The van der Waals surface area contributed by atoms with Crippen LogP contribution in [0.4, 0.5) is 0 Å². The molecule has 1 aromatic heterocycles. The van der Waals surface area contributed by atoms with Gasteiger partial charge in [0.15, 0.2) is 0 Å². The van der Waals surface area contributed by atoms with Gasteiger partial charge in [-0.3, -0.25) is 4.90 Å². The van der Waals surface area contributed by atoms with Gasteiger partial charge in [-0.05, 0) is 18.5 Å². The molecule has 0 aliphatic carbocycles. The molecular weight excluding hydrogens is 234 g/mol. The number of rotatable bonds is 6. The number of hydrogen-bond donors (Lipinski definition) is 1. The summed E-state index contributed by atoms with van der Waals surface area (Å²) in [6, 6.07) is 2.04. The van der Waals surface area contributed by atoms with Crippen LogP contribution in [-0.2, 0) is 11.3 Å². The Hall–Kier alpha value is -0.860. The largest absolute Gasteiger partial charge is 0.395 e. The smallest absolute Gasteiger partial charge is 0.0589 e. The fourth-order valence-corrected chi connectivity index (χ4v) is 2.27. The van der Waals surface area contributed by atoms with Crippen molar-refractivity contribution in [1.82, 2.24) is 4.90 Å². The van der Waals surface area contributed by atoms with E-state index in [0.29, 0.717) is 6.42 Å². The fraction of sp³-hybridized carbons (Fsp3) is 0.538. The molecule has 1 N–H and O–H groups in total. The molecular formula is C13H19NO2S. The highest BCUT2D eigenvalue weighted by molar-refractivity contribution is 7.10. The molecule has 94 valence electrons. The maximum Gasteiger partial charge on any atom is 0.0589 e. The van der Waals surface area contributed by atoms with E-state index in [4.69, 9.17) is 9.84 Å². The summed E-state index contributed by atoms with van der Waals surface area (Å²) in [5.41, 5.74) is 1.08. The molecule has 4 heteroatoms. The van der Waals surface area contributed by atoms with Gasteiger partial charge >= 0.3 is 0 Å². The number of nitrogens with zero attached hydrogens (tertiary/aromatic N) is 1. The summed E-state index contributed by atoms with van der Waals surface area (Å²) in [7, 11) is 3.79. The second-order valence-electron chi connectivity index (χ2n) is 3.76. The SMILES string of the molecule is COCCN(C)Cc1sccc1C#CCCO. The molecule has 17 heavy (non-hydrogen) atoms. The van der Waals surface area contributed by atoms with Crippen molar-refractivity contribution in [2.24, 2.45) is 0 Å². The number of likely N-dealkylation sites (N-methyl/N-ethyl adjacent to an activating group) is 1. The van der Waals surface area contributed by atoms with Gasteiger partial charge in [-0.1, -0.05) is 11.8 Å². The van der Waals surface area contributed by atoms with Crippen LogP contribution in [0.1, 0.15) is 16.9 Å². The molecule has 0 amide bonds. The predicted octanol–water partition coefficient (Wildman–Crippen LogP) is 1.56. The molecule has 0 radical (unpaired) electrons. The first kappa shape index (κ1) is 14.2. The molecule has 1 rings (SSSR count). The van der Waals surface area contributed by atoms with Crippen molar-refractivity contribution in [2.75, 3.05) is 33.9 Å². The summed E-state index contributed by atoms with van der Waals surface area (Å²) in [5.74, 6) is 6.06. The van der Waals surface area contributed by atoms with Gasteiger partial charge in [0.1, 0.15) is 0 Å². The Labute approximate surface area is 107 Å². The lowest BCUT2D eigenvalue weighted by Crippen LogP contribution is -2.22. The lowest BCUT2D eigenvalue weighted by Gasteiger charge is -2.15. The molecule has 0 bridgehead atoms. The molecule has 0 aromatic carbocycles. The lowest BCUT2D eigenvalue weighted by molar-refractivity contribution is 0.159. The number of thiophene rings is 1. The van der Waals surface area contributed by atoms with Crippen LogP contribution in [-0.4, -0.2) is 43.9 Å². The first-order chi connectivity index (χ1) is 8.27. The molecule has 0 saturated carbocycles. The van der Waals surface area contributed by atoms with E-state index in [0.717, 1.165) is 25.3 Å². The van der Waals surface area contributed by atoms with Gasteiger partial charge in [-0.15, -0.1) is 11.3 Å². The second-order valence-corrected chi connectivity index (χ2v) is 4.76. The van der Waals surface area contributed by atoms with Gasteiger partial charge in [-0.25, -0.2) is 0 Å². The minimum atomic E-state index is 0.125. The van der Waals surface area contributed by atoms with Crippen LogP contribution in [0.2, 0.25) is 0 Å². The summed E-state index contributed by atoms with van der Waals surface area (Å²) in [5, 5.41) is 10.7. The third-order valence-corrected chi connectivity index (χ3v) is 3.20. The monoisotopic (exact) mass is 253 g/mol. The number of ether oxygens (including phenoxy) is 1. The summed E-state index contributed by atoms with van der Waals surface area (Å²) >= 11 is 1.72. The van der Waals surface area contributed by atoms with Crippen LogP contribution in [0.15, 0.2) is 11.4 Å². The highest BCUT2D eigenvalue weighted by Gasteiger charge is 2.05. The normalized spacial score (nSPS) is 10.4. The van der Waals surface area contributed by atoms with Crippen molar-refractivity contribution in [1.29, 1.82) is 0 Å². The van der Waals surface area contributed by atoms with Gasteiger partial charge in [0, 0.05) is 37.1 Å². The molecule has 0 aliphatic rings. The molecule has 0 fully saturated rings. The van der Waals surface area contributed by atoms with E-state index in [1.165, 1.54) is 4.88 Å². The van der Waals surface area contributed by atoms with Crippen LogP contribution in [0.5, 0.6) is 0 Å². The zero-order valence-corrected chi connectivity index (χ0v) is 11.2. The minimum absolute atomic E-state index is 0.125. The maximum absolute atomic E-state index is 8.68. The average Bonchev–Trinajstić information content (AvgIpc) is 2.74. The van der Waals surface area contributed by atoms with E-state index < -0.39 is 0 Å². The zero-order chi connectivity index (χ0) is 12.5. The van der Waals surface area contributed by atoms with Gasteiger partial charge in [0.05, 0.1) is 13.2 Å². The summed E-state index contributed by atoms with van der Waals surface area (Å²) in [6.45, 7) is 2.68. The Kier molecular flexibility index (Phi) is 6.90. The van der Waals surface area contributed by atoms with Gasteiger partial charge in [0.2, 0.25) is 0 Å². The number of aliphatic hydroxyl groups is 1. The van der Waals surface area contributed by atoms with E-state index in [9.17, 15) is 0 Å². The first-order valence-corrected chi connectivity index (χ1v) is 6.49. The molecule has 0 atom stereocenters. The Morgan fingerprint density at radius 2 is 2.35 bits per heavy atom. The van der Waals surface area contributed by atoms with Gasteiger partial charge in [0.25, 0.3) is 0 Å². The highest BCUT2D eigenvalue weighted by atomic mass is 32.1. The Morgan fingerprint density at radius 1 is 1.53 bits per heavy atom. The van der Waals surface area contributed by atoms with Crippen LogP contribution in [0.25, 0.3) is 0 Å². The van der Waals surface area contributed by atoms with E-state index in [-0.39, 0.29) is 6.61 Å². The minimum Gasteiger partial charge on any atom is -0.395 e. The van der Waals surface area contributed by atoms with Crippen molar-refractivity contribution in [3.8, 4) is 11.8 Å². The Morgan fingerprint density at radius 3 is 3.06 bits per heavy atom. The van der Waals surface area contributed by atoms with Crippen molar-refractivity contribution in [3.63, 3.8) is 0 Å². The lowest BCUT2D eigenvalue weighted by atomic mass is 10.2. The first-order valence-electron chi connectivity index (χ1n) is 5.61. The molecule has 1 heterocycles. The summed E-state index contributed by atoms with van der Waals surface area (Å²) < 4.78 is 5.05. The molecule has 3 nitrogen and oxygen atoms in total. The summed E-state index contributed by atoms with van der Waals surface area (Å²) in [4.78, 5) is 3.49. The van der Waals surface area contributed by atoms with Gasteiger partial charge < -0.3 is 9.84 Å². The Bertz CT molecular complexity index is 378. The summed E-state index contributed by atoms with van der Waals surface area (Å²) in [6.07, 6.45) is 0.537. The number of methoxy groups -OCH3 is 1. The van der Waals surface area contributed by atoms with E-state index in [1.807, 2.05) is 6.07 Å². The Balaban J connectivity index is 2.54. The molecule has 0 aliphatic heterocycles. The molecule has 0 saturated heterocycles. The number of hydrogen-bond acceptors (Lipinski definition) is 4. The predicted molar refractivity (Wildman–Crippen MR) is 71.1 cm³/mol. The van der Waals surface area contributed by atoms with E-state index >= 15 is 0 Å². The zero-order valence-electron chi connectivity index (χ0n) is 10.4. The second kappa shape index (κ2) is 8.26. The van der Waals surface area contributed by atoms with Crippen molar-refractivity contribution in [2.45, 2.75) is 13.0 Å². The van der Waals surface area contributed by atoms with Gasteiger partial charge in [-0.2, -0.15) is 0 Å². The van der Waals surface area contributed by atoms with Crippen molar-refractivity contribution < 1.29 is 9.84 Å². The maximum atomic E-state index is 8.68. The van der Waals surface area contributed by atoms with Crippen molar-refractivity contribution >= 4 is 11.3 Å². The standard InChI is InChI=1S/C13H19NO2S/c1-14(7-9-16-2)11-13-12(6-10-17-13)5-3-4-8-15/h6,10,15H,4,7-9,11H2,1-2H3. The number of aliphatic hydroxyl groups excluding tert-OH is 1. The van der Waals surface area contributed by atoms with Crippen LogP contribution in [0.3, 0.4) is 0 Å². The van der Waals surface area contributed by atoms with Crippen molar-refractivity contribution in [3.05, 3.63) is 21.9 Å². The average molecular weight is 253 g/mol. The van der Waals surface area contributed by atoms with Crippen LogP contribution < -0.4 is 0 Å². The van der Waals surface area contributed by atoms with Crippen LogP contribution in [0, 0.1) is 11.8 Å². The third-order valence-electron chi connectivity index (χ3n) is 2.30. The van der Waals surface area contributed by atoms with Crippen LogP contribution >= 0.6 is 11.3 Å². The fourth-order valence-electron chi connectivity index (χ4n) is 1.36. The highest BCUT2D eigenvalue weighted by Crippen LogP contribution is 2.17. The molecule has 0 spiro atoms.